The van der Waals surface area contributed by atoms with Crippen molar-refractivity contribution in [2.24, 2.45) is 0 Å². The molecule has 0 aliphatic rings. The maximum atomic E-state index is 12.4. The highest BCUT2D eigenvalue weighted by molar-refractivity contribution is 5.97. The molecule has 0 spiro atoms. The number of methoxy groups -OCH3 is 2. The molecule has 0 saturated carbocycles. The lowest BCUT2D eigenvalue weighted by Gasteiger charge is -2.16. The van der Waals surface area contributed by atoms with Gasteiger partial charge in [0.1, 0.15) is 23.1 Å². The monoisotopic (exact) mass is 379 g/mol. The number of nitrogens with zero attached hydrogens (tertiary/aromatic N) is 1. The van der Waals surface area contributed by atoms with Crippen LogP contribution in [0.3, 0.4) is 0 Å². The minimum Gasteiger partial charge on any atom is -0.497 e. The van der Waals surface area contributed by atoms with Crippen molar-refractivity contribution in [2.75, 3.05) is 14.2 Å². The Kier molecular flexibility index (Phi) is 7.46. The molecule has 2 atom stereocenters. The van der Waals surface area contributed by atoms with Crippen molar-refractivity contribution < 1.29 is 14.3 Å². The van der Waals surface area contributed by atoms with Crippen LogP contribution in [-0.2, 0) is 4.79 Å². The zero-order valence-corrected chi connectivity index (χ0v) is 16.5. The standard InChI is InChI=1S/C22H25N3O3/c1-15(17-5-9-20(27-3)10-6-17)24-14-19(13-23)22(26)25-16(2)18-7-11-21(28-4)12-8-18/h5-12,14-16,24H,1-4H3,(H,25,26)/b19-14-. The molecular formula is C22H25N3O3. The number of benzene rings is 2. The molecule has 2 N–H and O–H groups in total. The highest BCUT2D eigenvalue weighted by Gasteiger charge is 2.14. The summed E-state index contributed by atoms with van der Waals surface area (Å²) >= 11 is 0. The summed E-state index contributed by atoms with van der Waals surface area (Å²) < 4.78 is 10.3. The Morgan fingerprint density at radius 1 is 0.929 bits per heavy atom. The van der Waals surface area contributed by atoms with E-state index in [0.717, 1.165) is 22.6 Å². The number of ether oxygens (including phenoxy) is 2. The molecule has 0 bridgehead atoms. The van der Waals surface area contributed by atoms with Gasteiger partial charge in [0.25, 0.3) is 5.91 Å². The normalized spacial score (nSPS) is 13.0. The molecule has 28 heavy (non-hydrogen) atoms. The van der Waals surface area contributed by atoms with Crippen LogP contribution in [0.5, 0.6) is 11.5 Å². The lowest BCUT2D eigenvalue weighted by Crippen LogP contribution is -2.28. The smallest absolute Gasteiger partial charge is 0.263 e. The van der Waals surface area contributed by atoms with Crippen LogP contribution >= 0.6 is 0 Å². The predicted octanol–water partition coefficient (Wildman–Crippen LogP) is 3.64. The maximum Gasteiger partial charge on any atom is 0.263 e. The maximum absolute atomic E-state index is 12.4. The van der Waals surface area contributed by atoms with Gasteiger partial charge in [-0.1, -0.05) is 24.3 Å². The molecule has 2 aromatic rings. The van der Waals surface area contributed by atoms with Crippen molar-refractivity contribution in [1.82, 2.24) is 10.6 Å². The summed E-state index contributed by atoms with van der Waals surface area (Å²) in [6.45, 7) is 3.81. The fourth-order valence-electron chi connectivity index (χ4n) is 2.60. The number of rotatable bonds is 8. The summed E-state index contributed by atoms with van der Waals surface area (Å²) in [5.41, 5.74) is 1.95. The van der Waals surface area contributed by atoms with Gasteiger partial charge in [-0.2, -0.15) is 5.26 Å². The molecule has 0 saturated heterocycles. The molecule has 0 heterocycles. The van der Waals surface area contributed by atoms with Crippen molar-refractivity contribution in [3.05, 3.63) is 71.4 Å². The summed E-state index contributed by atoms with van der Waals surface area (Å²) in [5, 5.41) is 15.3. The zero-order chi connectivity index (χ0) is 20.5. The highest BCUT2D eigenvalue weighted by atomic mass is 16.5. The van der Waals surface area contributed by atoms with E-state index in [-0.39, 0.29) is 17.7 Å². The van der Waals surface area contributed by atoms with Crippen LogP contribution < -0.4 is 20.1 Å². The molecule has 0 aliphatic heterocycles. The molecule has 146 valence electrons. The number of carbonyl (C=O) groups excluding carboxylic acids is 1. The van der Waals surface area contributed by atoms with Crippen LogP contribution in [0, 0.1) is 11.3 Å². The second kappa shape index (κ2) is 10.0. The second-order valence-electron chi connectivity index (χ2n) is 6.30. The quantitative estimate of drug-likeness (QED) is 0.540. The van der Waals surface area contributed by atoms with Crippen LogP contribution in [0.25, 0.3) is 0 Å². The molecular weight excluding hydrogens is 354 g/mol. The molecule has 0 aliphatic carbocycles. The lowest BCUT2D eigenvalue weighted by molar-refractivity contribution is -0.117. The van der Waals surface area contributed by atoms with E-state index in [1.807, 2.05) is 68.4 Å². The minimum absolute atomic E-state index is 0.0146. The molecule has 6 nitrogen and oxygen atoms in total. The van der Waals surface area contributed by atoms with Crippen LogP contribution in [0.15, 0.2) is 60.3 Å². The number of nitriles is 1. The Balaban J connectivity index is 1.99. The van der Waals surface area contributed by atoms with Crippen molar-refractivity contribution in [2.45, 2.75) is 25.9 Å². The third kappa shape index (κ3) is 5.52. The number of hydrogen-bond acceptors (Lipinski definition) is 5. The third-order valence-electron chi connectivity index (χ3n) is 4.42. The first kappa shape index (κ1) is 20.8. The Bertz CT molecular complexity index is 852. The SMILES string of the molecule is COc1ccc(C(C)N/C=C(/C#N)C(=O)NC(C)c2ccc(OC)cc2)cc1. The van der Waals surface area contributed by atoms with E-state index in [4.69, 9.17) is 9.47 Å². The van der Waals surface area contributed by atoms with Crippen LogP contribution in [0.4, 0.5) is 0 Å². The van der Waals surface area contributed by atoms with Gasteiger partial charge in [0, 0.05) is 12.2 Å². The minimum atomic E-state index is -0.430. The fourth-order valence-corrected chi connectivity index (χ4v) is 2.60. The number of nitrogens with one attached hydrogen (secondary N) is 2. The highest BCUT2D eigenvalue weighted by Crippen LogP contribution is 2.19. The molecule has 0 aromatic heterocycles. The van der Waals surface area contributed by atoms with E-state index in [9.17, 15) is 10.1 Å². The molecule has 6 heteroatoms. The van der Waals surface area contributed by atoms with Gasteiger partial charge in [0.2, 0.25) is 0 Å². The van der Waals surface area contributed by atoms with Gasteiger partial charge in [0.15, 0.2) is 0 Å². The van der Waals surface area contributed by atoms with Gasteiger partial charge in [-0.3, -0.25) is 4.79 Å². The average Bonchev–Trinajstić information content (AvgIpc) is 2.74. The summed E-state index contributed by atoms with van der Waals surface area (Å²) in [7, 11) is 3.22. The van der Waals surface area contributed by atoms with Crippen LogP contribution in [-0.4, -0.2) is 20.1 Å². The first-order chi connectivity index (χ1) is 13.5. The Hall–Kier alpha value is -3.46. The van der Waals surface area contributed by atoms with E-state index < -0.39 is 5.91 Å². The topological polar surface area (TPSA) is 83.4 Å². The van der Waals surface area contributed by atoms with Crippen LogP contribution in [0.1, 0.15) is 37.1 Å². The first-order valence-electron chi connectivity index (χ1n) is 8.93. The lowest BCUT2D eigenvalue weighted by atomic mass is 10.1. The Morgan fingerprint density at radius 3 is 1.82 bits per heavy atom. The summed E-state index contributed by atoms with van der Waals surface area (Å²) in [6, 6.07) is 16.7. The molecule has 2 aromatic carbocycles. The summed E-state index contributed by atoms with van der Waals surface area (Å²) in [5.74, 6) is 1.09. The first-order valence-corrected chi connectivity index (χ1v) is 8.93. The van der Waals surface area contributed by atoms with Gasteiger partial charge >= 0.3 is 0 Å². The van der Waals surface area contributed by atoms with Crippen LogP contribution in [0.2, 0.25) is 0 Å². The predicted molar refractivity (Wildman–Crippen MR) is 108 cm³/mol. The van der Waals surface area contributed by atoms with Crippen molar-refractivity contribution >= 4 is 5.91 Å². The second-order valence-corrected chi connectivity index (χ2v) is 6.30. The van der Waals surface area contributed by atoms with E-state index in [1.165, 1.54) is 6.20 Å². The largest absolute Gasteiger partial charge is 0.497 e. The Labute approximate surface area is 165 Å². The van der Waals surface area contributed by atoms with Gasteiger partial charge in [0.05, 0.1) is 20.3 Å². The molecule has 1 amide bonds. The van der Waals surface area contributed by atoms with Crippen molar-refractivity contribution in [3.63, 3.8) is 0 Å². The van der Waals surface area contributed by atoms with E-state index in [1.54, 1.807) is 14.2 Å². The molecule has 2 unspecified atom stereocenters. The van der Waals surface area contributed by atoms with Gasteiger partial charge in [-0.05, 0) is 49.2 Å². The molecule has 2 rings (SSSR count). The van der Waals surface area contributed by atoms with Gasteiger partial charge < -0.3 is 20.1 Å². The number of amides is 1. The van der Waals surface area contributed by atoms with Gasteiger partial charge in [-0.15, -0.1) is 0 Å². The average molecular weight is 379 g/mol. The van der Waals surface area contributed by atoms with E-state index in [2.05, 4.69) is 10.6 Å². The Morgan fingerprint density at radius 2 is 1.39 bits per heavy atom. The number of carbonyl (C=O) groups is 1. The molecule has 0 fully saturated rings. The molecule has 0 radical (unpaired) electrons. The van der Waals surface area contributed by atoms with E-state index in [0.29, 0.717) is 0 Å². The van der Waals surface area contributed by atoms with Gasteiger partial charge in [-0.25, -0.2) is 0 Å². The number of hydrogen-bond donors (Lipinski definition) is 2. The van der Waals surface area contributed by atoms with E-state index >= 15 is 0 Å². The zero-order valence-electron chi connectivity index (χ0n) is 16.5. The summed E-state index contributed by atoms with van der Waals surface area (Å²) in [6.07, 6.45) is 1.45. The van der Waals surface area contributed by atoms with Crippen molar-refractivity contribution in [3.8, 4) is 17.6 Å². The third-order valence-corrected chi connectivity index (χ3v) is 4.42. The summed E-state index contributed by atoms with van der Waals surface area (Å²) in [4.78, 5) is 12.4. The fraction of sp³-hybridized carbons (Fsp3) is 0.273. The van der Waals surface area contributed by atoms with Crippen molar-refractivity contribution in [1.29, 1.82) is 5.26 Å².